The molecule has 1 amide bonds. The number of thiophene rings is 1. The minimum absolute atomic E-state index is 0.298. The molecule has 1 aromatic heterocycles. The number of methoxy groups -OCH3 is 1. The van der Waals surface area contributed by atoms with Gasteiger partial charge in [0, 0.05) is 17.8 Å². The van der Waals surface area contributed by atoms with Crippen LogP contribution in [0, 0.1) is 11.8 Å². The van der Waals surface area contributed by atoms with Gasteiger partial charge in [-0.05, 0) is 24.3 Å². The number of hydrogen-bond donors (Lipinski definition) is 1. The van der Waals surface area contributed by atoms with Crippen LogP contribution in [0.25, 0.3) is 0 Å². The molecule has 0 bridgehead atoms. The number of carboxylic acid groups (broad SMARTS) is 1. The highest BCUT2D eigenvalue weighted by molar-refractivity contribution is 7.12. The maximum atomic E-state index is 12.3. The van der Waals surface area contributed by atoms with Crippen LogP contribution in [0.2, 0.25) is 0 Å². The van der Waals surface area contributed by atoms with E-state index < -0.39 is 23.8 Å². The largest absolute Gasteiger partial charge is 0.550 e. The second kappa shape index (κ2) is 6.71. The van der Waals surface area contributed by atoms with Crippen molar-refractivity contribution in [2.75, 3.05) is 12.4 Å². The average Bonchev–Trinajstić information content (AvgIpc) is 2.94. The first-order chi connectivity index (χ1) is 10.0. The molecule has 21 heavy (non-hydrogen) atoms. The Kier molecular flexibility index (Phi) is 4.95. The molecule has 2 atom stereocenters. The molecule has 1 aliphatic rings. The minimum atomic E-state index is -1.19. The Morgan fingerprint density at radius 1 is 1.29 bits per heavy atom. The van der Waals surface area contributed by atoms with Crippen LogP contribution in [0.15, 0.2) is 11.4 Å². The van der Waals surface area contributed by atoms with E-state index in [0.29, 0.717) is 23.4 Å². The van der Waals surface area contributed by atoms with Gasteiger partial charge in [0.25, 0.3) is 0 Å². The van der Waals surface area contributed by atoms with Crippen LogP contribution >= 0.6 is 11.3 Å². The van der Waals surface area contributed by atoms with Gasteiger partial charge in [0.1, 0.15) is 4.88 Å². The summed E-state index contributed by atoms with van der Waals surface area (Å²) in [6.45, 7) is 0. The number of hydrogen-bond acceptors (Lipinski definition) is 6. The summed E-state index contributed by atoms with van der Waals surface area (Å²) in [5.74, 6) is -3.48. The minimum Gasteiger partial charge on any atom is -0.550 e. The highest BCUT2D eigenvalue weighted by Gasteiger charge is 2.32. The molecule has 0 spiro atoms. The van der Waals surface area contributed by atoms with E-state index >= 15 is 0 Å². The van der Waals surface area contributed by atoms with Gasteiger partial charge in [-0.2, -0.15) is 0 Å². The SMILES string of the molecule is COC(=O)c1sccc1NC(=O)[C@H]1CCCC[C@@H]1C(=O)[O-]. The molecule has 1 fully saturated rings. The molecule has 1 N–H and O–H groups in total. The quantitative estimate of drug-likeness (QED) is 0.838. The number of rotatable bonds is 4. The molecule has 0 aromatic carbocycles. The van der Waals surface area contributed by atoms with E-state index in [1.165, 1.54) is 7.11 Å². The van der Waals surface area contributed by atoms with Crippen LogP contribution in [-0.4, -0.2) is 25.0 Å². The zero-order valence-electron chi connectivity index (χ0n) is 11.6. The molecule has 1 aromatic rings. The fraction of sp³-hybridized carbons (Fsp3) is 0.500. The molecular formula is C14H16NO5S-. The van der Waals surface area contributed by atoms with Crippen molar-refractivity contribution in [1.82, 2.24) is 0 Å². The first-order valence-corrected chi connectivity index (χ1v) is 7.60. The standard InChI is InChI=1S/C14H17NO5S/c1-20-14(19)11-10(6-7-21-11)15-12(16)8-4-2-3-5-9(8)13(17)18/h6-9H,2-5H2,1H3,(H,15,16)(H,17,18)/p-1/t8-,9-/m0/s1. The topological polar surface area (TPSA) is 95.5 Å². The summed E-state index contributed by atoms with van der Waals surface area (Å²) in [7, 11) is 1.26. The average molecular weight is 310 g/mol. The lowest BCUT2D eigenvalue weighted by Crippen LogP contribution is -2.42. The van der Waals surface area contributed by atoms with Crippen molar-refractivity contribution in [3.63, 3.8) is 0 Å². The Bertz CT molecular complexity index is 553. The van der Waals surface area contributed by atoms with E-state index in [2.05, 4.69) is 10.1 Å². The number of ether oxygens (including phenoxy) is 1. The monoisotopic (exact) mass is 310 g/mol. The predicted molar refractivity (Wildman–Crippen MR) is 74.7 cm³/mol. The Morgan fingerprint density at radius 2 is 1.95 bits per heavy atom. The molecule has 7 heteroatoms. The van der Waals surface area contributed by atoms with E-state index in [0.717, 1.165) is 24.2 Å². The lowest BCUT2D eigenvalue weighted by molar-refractivity contribution is -0.313. The van der Waals surface area contributed by atoms with E-state index in [1.54, 1.807) is 11.4 Å². The summed E-state index contributed by atoms with van der Waals surface area (Å²) in [5, 5.41) is 15.4. The molecule has 0 saturated heterocycles. The first-order valence-electron chi connectivity index (χ1n) is 6.72. The highest BCUT2D eigenvalue weighted by Crippen LogP contribution is 2.32. The lowest BCUT2D eigenvalue weighted by atomic mass is 9.78. The molecule has 114 valence electrons. The maximum Gasteiger partial charge on any atom is 0.350 e. The molecular weight excluding hydrogens is 294 g/mol. The molecule has 1 aliphatic carbocycles. The summed E-state index contributed by atoms with van der Waals surface area (Å²) < 4.78 is 4.64. The molecule has 0 radical (unpaired) electrons. The second-order valence-electron chi connectivity index (χ2n) is 4.96. The maximum absolute atomic E-state index is 12.3. The van der Waals surface area contributed by atoms with Crippen LogP contribution in [0.4, 0.5) is 5.69 Å². The van der Waals surface area contributed by atoms with Crippen molar-refractivity contribution in [3.8, 4) is 0 Å². The van der Waals surface area contributed by atoms with Crippen molar-refractivity contribution >= 4 is 34.9 Å². The number of aliphatic carboxylic acids is 1. The number of esters is 1. The third-order valence-corrected chi connectivity index (χ3v) is 4.59. The van der Waals surface area contributed by atoms with Crippen LogP contribution in [0.5, 0.6) is 0 Å². The van der Waals surface area contributed by atoms with Gasteiger partial charge in [0.05, 0.1) is 12.8 Å². The van der Waals surface area contributed by atoms with Crippen LogP contribution < -0.4 is 10.4 Å². The Labute approximate surface area is 126 Å². The van der Waals surface area contributed by atoms with E-state index in [-0.39, 0.29) is 5.91 Å². The Balaban J connectivity index is 2.12. The molecule has 6 nitrogen and oxygen atoms in total. The number of carboxylic acids is 1. The van der Waals surface area contributed by atoms with Gasteiger partial charge in [-0.15, -0.1) is 11.3 Å². The normalized spacial score (nSPS) is 21.6. The zero-order chi connectivity index (χ0) is 15.4. The van der Waals surface area contributed by atoms with E-state index in [9.17, 15) is 19.5 Å². The molecule has 0 unspecified atom stereocenters. The third-order valence-electron chi connectivity index (χ3n) is 3.70. The molecule has 2 rings (SSSR count). The number of anilines is 1. The summed E-state index contributed by atoms with van der Waals surface area (Å²) >= 11 is 1.16. The second-order valence-corrected chi connectivity index (χ2v) is 5.88. The van der Waals surface area contributed by atoms with Gasteiger partial charge in [0.2, 0.25) is 5.91 Å². The van der Waals surface area contributed by atoms with Crippen molar-refractivity contribution in [3.05, 3.63) is 16.3 Å². The van der Waals surface area contributed by atoms with Crippen molar-refractivity contribution in [2.45, 2.75) is 25.7 Å². The van der Waals surface area contributed by atoms with Gasteiger partial charge < -0.3 is 20.0 Å². The molecule has 1 saturated carbocycles. The summed E-state index contributed by atoms with van der Waals surface area (Å²) in [6, 6.07) is 1.60. The fourth-order valence-electron chi connectivity index (χ4n) is 2.61. The van der Waals surface area contributed by atoms with Crippen molar-refractivity contribution in [1.29, 1.82) is 0 Å². The highest BCUT2D eigenvalue weighted by atomic mass is 32.1. The fourth-order valence-corrected chi connectivity index (χ4v) is 3.38. The van der Waals surface area contributed by atoms with Gasteiger partial charge in [0.15, 0.2) is 0 Å². The number of carbonyl (C=O) groups excluding carboxylic acids is 3. The smallest absolute Gasteiger partial charge is 0.350 e. The van der Waals surface area contributed by atoms with Crippen molar-refractivity contribution in [2.24, 2.45) is 11.8 Å². The predicted octanol–water partition coefficient (Wildman–Crippen LogP) is 1.03. The van der Waals surface area contributed by atoms with Crippen LogP contribution in [0.1, 0.15) is 35.4 Å². The van der Waals surface area contributed by atoms with E-state index in [1.807, 2.05) is 0 Å². The van der Waals surface area contributed by atoms with Gasteiger partial charge in [-0.25, -0.2) is 4.79 Å². The molecule has 0 aliphatic heterocycles. The first kappa shape index (κ1) is 15.5. The number of amides is 1. The summed E-state index contributed by atoms with van der Waals surface area (Å²) in [4.78, 5) is 35.3. The zero-order valence-corrected chi connectivity index (χ0v) is 12.4. The van der Waals surface area contributed by atoms with Gasteiger partial charge >= 0.3 is 5.97 Å². The molecule has 1 heterocycles. The summed E-state index contributed by atoms with van der Waals surface area (Å²) in [6.07, 6.45) is 2.57. The van der Waals surface area contributed by atoms with Crippen LogP contribution in [-0.2, 0) is 14.3 Å². The number of nitrogens with one attached hydrogen (secondary N) is 1. The lowest BCUT2D eigenvalue weighted by Gasteiger charge is -2.31. The van der Waals surface area contributed by atoms with Crippen LogP contribution in [0.3, 0.4) is 0 Å². The third kappa shape index (κ3) is 3.41. The summed E-state index contributed by atoms with van der Waals surface area (Å²) in [5.41, 5.74) is 0.361. The Morgan fingerprint density at radius 3 is 2.57 bits per heavy atom. The van der Waals surface area contributed by atoms with Gasteiger partial charge in [-0.1, -0.05) is 12.8 Å². The Hall–Kier alpha value is -1.89. The van der Waals surface area contributed by atoms with Gasteiger partial charge in [-0.3, -0.25) is 4.79 Å². The van der Waals surface area contributed by atoms with E-state index in [4.69, 9.17) is 0 Å². The van der Waals surface area contributed by atoms with Crippen molar-refractivity contribution < 1.29 is 24.2 Å². The number of carbonyl (C=O) groups is 3.